The van der Waals surface area contributed by atoms with Gasteiger partial charge in [-0.2, -0.15) is 0 Å². The highest BCUT2D eigenvalue weighted by Gasteiger charge is 2.66. The molecule has 0 aliphatic carbocycles. The van der Waals surface area contributed by atoms with E-state index >= 15 is 0 Å². The number of nitrogens with one attached hydrogen (secondary N) is 1. The van der Waals surface area contributed by atoms with Gasteiger partial charge in [0.05, 0.1) is 0 Å². The number of methoxy groups -OCH3 is 1. The first kappa shape index (κ1) is 21.7. The minimum atomic E-state index is -1.66. The molecule has 4 heterocycles. The third-order valence-corrected chi connectivity index (χ3v) is 7.97. The predicted molar refractivity (Wildman–Crippen MR) is 109 cm³/mol. The van der Waals surface area contributed by atoms with Gasteiger partial charge in [0.2, 0.25) is 5.91 Å². The van der Waals surface area contributed by atoms with Crippen LogP contribution in [0.3, 0.4) is 0 Å². The van der Waals surface area contributed by atoms with Gasteiger partial charge >= 0.3 is 5.97 Å². The highest BCUT2D eigenvalue weighted by atomic mass is 32.2. The summed E-state index contributed by atoms with van der Waals surface area (Å²) in [4.78, 5) is 38.6. The predicted octanol–water partition coefficient (Wildman–Crippen LogP) is -0.662. The average Bonchev–Trinajstić information content (AvgIpc) is 3.40. The average molecular weight is 485 g/mol. The Morgan fingerprint density at radius 3 is 2.87 bits per heavy atom. The topological polar surface area (TPSA) is 165 Å². The fourth-order valence-corrected chi connectivity index (χ4v) is 6.58. The molecule has 2 amide bonds. The molecule has 1 saturated heterocycles. The van der Waals surface area contributed by atoms with Gasteiger partial charge in [-0.15, -0.1) is 27.1 Å². The number of thioether (sulfide) groups is 2. The molecule has 2 aliphatic rings. The lowest BCUT2D eigenvalue weighted by Gasteiger charge is -2.55. The van der Waals surface area contributed by atoms with E-state index in [4.69, 9.17) is 4.74 Å². The van der Waals surface area contributed by atoms with E-state index in [1.807, 2.05) is 6.92 Å². The highest BCUT2D eigenvalue weighted by Crippen LogP contribution is 2.47. The number of rotatable bonds is 8. The van der Waals surface area contributed by atoms with Crippen molar-refractivity contribution in [1.29, 1.82) is 0 Å². The molecule has 2 aromatic heterocycles. The number of carboxylic acid groups (broad SMARTS) is 1. The smallest absolute Gasteiger partial charge is 0.352 e. The lowest BCUT2D eigenvalue weighted by atomic mass is 9.98. The van der Waals surface area contributed by atoms with Gasteiger partial charge in [0.15, 0.2) is 4.34 Å². The van der Waals surface area contributed by atoms with E-state index in [0.29, 0.717) is 17.1 Å². The van der Waals surface area contributed by atoms with Gasteiger partial charge in [-0.05, 0) is 22.9 Å². The Balaban J connectivity index is 1.52. The molecule has 16 heteroatoms. The first-order chi connectivity index (χ1) is 14.9. The molecule has 0 aromatic carbocycles. The van der Waals surface area contributed by atoms with Crippen molar-refractivity contribution in [3.05, 3.63) is 22.6 Å². The van der Waals surface area contributed by atoms with Crippen LogP contribution in [-0.4, -0.2) is 87.9 Å². The lowest BCUT2D eigenvalue weighted by molar-refractivity contribution is -0.192. The largest absolute Gasteiger partial charge is 0.477 e. The van der Waals surface area contributed by atoms with E-state index in [2.05, 4.69) is 31.0 Å². The van der Waals surface area contributed by atoms with Gasteiger partial charge in [0, 0.05) is 18.6 Å². The van der Waals surface area contributed by atoms with E-state index in [1.165, 1.54) is 57.9 Å². The summed E-state index contributed by atoms with van der Waals surface area (Å²) in [6.45, 7) is 1.62. The second-order valence-electron chi connectivity index (χ2n) is 6.47. The normalized spacial score (nSPS) is 22.8. The summed E-state index contributed by atoms with van der Waals surface area (Å²) in [5.41, 5.74) is -1.17. The standard InChI is InChI=1S/C15H16N8O5S3/c1-7-18-19-14(31-7)30-5-8-4-29-13-15(28-2,12(27)23(13)10(8)11(25)26)17-9(24)3-22-6-16-20-21-22/h6,13H,3-5H2,1-2H3,(H,17,24)(H,25,26)/t13?,15-/m0/s1. The summed E-state index contributed by atoms with van der Waals surface area (Å²) in [5, 5.41) is 30.9. The Kier molecular flexibility index (Phi) is 5.96. The number of amides is 2. The molecular formula is C15H16N8O5S3. The molecule has 13 nitrogen and oxygen atoms in total. The lowest BCUT2D eigenvalue weighted by Crippen LogP contribution is -2.80. The van der Waals surface area contributed by atoms with Crippen LogP contribution in [0.4, 0.5) is 0 Å². The van der Waals surface area contributed by atoms with Gasteiger partial charge in [0.1, 0.15) is 29.0 Å². The van der Waals surface area contributed by atoms with Crippen LogP contribution < -0.4 is 5.32 Å². The van der Waals surface area contributed by atoms with Crippen molar-refractivity contribution in [2.24, 2.45) is 0 Å². The molecule has 2 aliphatic heterocycles. The van der Waals surface area contributed by atoms with Gasteiger partial charge in [0.25, 0.3) is 11.6 Å². The SMILES string of the molecule is CO[C@@]1(NC(=O)Cn2cnnn2)C(=O)N2C(C(=O)O)=C(CSc3nnc(C)s3)CSC21. The third kappa shape index (κ3) is 3.90. The Hall–Kier alpha value is -2.56. The molecule has 31 heavy (non-hydrogen) atoms. The number of aliphatic carboxylic acids is 1. The fraction of sp³-hybridized carbons (Fsp3) is 0.467. The maximum atomic E-state index is 13.0. The molecular weight excluding hydrogens is 468 g/mol. The number of β-lactam (4-membered cyclic amide) rings is 1. The van der Waals surface area contributed by atoms with E-state index in [-0.39, 0.29) is 12.2 Å². The Labute approximate surface area is 187 Å². The van der Waals surface area contributed by atoms with Crippen molar-refractivity contribution in [3.63, 3.8) is 0 Å². The van der Waals surface area contributed by atoms with Crippen molar-refractivity contribution in [2.75, 3.05) is 18.6 Å². The molecule has 2 aromatic rings. The van der Waals surface area contributed by atoms with E-state index in [0.717, 1.165) is 9.35 Å². The second-order valence-corrected chi connectivity index (χ2v) is 9.94. The second kappa shape index (κ2) is 8.52. The van der Waals surface area contributed by atoms with Crippen LogP contribution in [0.5, 0.6) is 0 Å². The molecule has 164 valence electrons. The number of nitrogens with zero attached hydrogens (tertiary/aromatic N) is 7. The van der Waals surface area contributed by atoms with Crippen molar-refractivity contribution in [3.8, 4) is 0 Å². The zero-order valence-corrected chi connectivity index (χ0v) is 18.7. The Bertz CT molecular complexity index is 1060. The number of aromatic nitrogens is 6. The summed E-state index contributed by atoms with van der Waals surface area (Å²) in [6, 6.07) is 0. The van der Waals surface area contributed by atoms with Gasteiger partial charge in [-0.3, -0.25) is 14.5 Å². The Morgan fingerprint density at radius 1 is 1.45 bits per heavy atom. The molecule has 0 radical (unpaired) electrons. The van der Waals surface area contributed by atoms with E-state index in [1.54, 1.807) is 0 Å². The Morgan fingerprint density at radius 2 is 2.26 bits per heavy atom. The van der Waals surface area contributed by atoms with Crippen molar-refractivity contribution in [1.82, 2.24) is 40.6 Å². The van der Waals surface area contributed by atoms with E-state index < -0.39 is 28.9 Å². The van der Waals surface area contributed by atoms with Gasteiger partial charge in [-0.25, -0.2) is 9.48 Å². The molecule has 4 rings (SSSR count). The van der Waals surface area contributed by atoms with Gasteiger partial charge in [-0.1, -0.05) is 23.1 Å². The first-order valence-corrected chi connectivity index (χ1v) is 11.6. The number of aryl methyl sites for hydroxylation is 1. The monoisotopic (exact) mass is 484 g/mol. The number of carboxylic acids is 1. The molecule has 2 atom stereocenters. The molecule has 0 saturated carbocycles. The summed E-state index contributed by atoms with van der Waals surface area (Å²) in [5.74, 6) is -1.70. The number of carbonyl (C=O) groups excluding carboxylic acids is 2. The molecule has 0 spiro atoms. The number of carbonyl (C=O) groups is 3. The maximum Gasteiger partial charge on any atom is 0.352 e. The van der Waals surface area contributed by atoms with E-state index in [9.17, 15) is 19.5 Å². The quantitative estimate of drug-likeness (QED) is 0.276. The molecule has 0 bridgehead atoms. The molecule has 1 unspecified atom stereocenters. The summed E-state index contributed by atoms with van der Waals surface area (Å²) in [6.07, 6.45) is 1.26. The van der Waals surface area contributed by atoms with Crippen molar-refractivity contribution in [2.45, 2.75) is 28.9 Å². The summed E-state index contributed by atoms with van der Waals surface area (Å²) >= 11 is 4.10. The number of hydrogen-bond acceptors (Lipinski definition) is 12. The van der Waals surface area contributed by atoms with Crippen LogP contribution in [0.25, 0.3) is 0 Å². The number of fused-ring (bicyclic) bond motifs is 1. The minimum absolute atomic E-state index is 0.0927. The molecule has 2 N–H and O–H groups in total. The first-order valence-electron chi connectivity index (χ1n) is 8.76. The van der Waals surface area contributed by atoms with Crippen LogP contribution in [0.15, 0.2) is 21.9 Å². The molecule has 1 fully saturated rings. The fourth-order valence-electron chi connectivity index (χ4n) is 3.19. The highest BCUT2D eigenvalue weighted by molar-refractivity contribution is 8.01. The van der Waals surface area contributed by atoms with Crippen LogP contribution in [0.1, 0.15) is 5.01 Å². The van der Waals surface area contributed by atoms with Crippen LogP contribution in [-0.2, 0) is 25.7 Å². The zero-order valence-electron chi connectivity index (χ0n) is 16.2. The van der Waals surface area contributed by atoms with Crippen LogP contribution in [0, 0.1) is 6.92 Å². The summed E-state index contributed by atoms with van der Waals surface area (Å²) in [7, 11) is 1.29. The van der Waals surface area contributed by atoms with Crippen molar-refractivity contribution < 1.29 is 24.2 Å². The summed E-state index contributed by atoms with van der Waals surface area (Å²) < 4.78 is 7.31. The van der Waals surface area contributed by atoms with Crippen LogP contribution in [0.2, 0.25) is 0 Å². The third-order valence-electron chi connectivity index (χ3n) is 4.53. The number of tetrazole rings is 1. The maximum absolute atomic E-state index is 13.0. The minimum Gasteiger partial charge on any atom is -0.477 e. The van der Waals surface area contributed by atoms with Gasteiger partial charge < -0.3 is 15.2 Å². The number of ether oxygens (including phenoxy) is 1. The van der Waals surface area contributed by atoms with Crippen LogP contribution >= 0.6 is 34.9 Å². The van der Waals surface area contributed by atoms with Crippen molar-refractivity contribution >= 4 is 52.6 Å². The number of hydrogen-bond donors (Lipinski definition) is 2. The zero-order chi connectivity index (χ0) is 22.2.